The fraction of sp³-hybridized carbons (Fsp3) is 0.760. The molecule has 55 heavy (non-hydrogen) atoms. The standard InChI is InChI=1S/C50H84O5/c1-5-8-11-14-17-20-23-26-29-32-39-52-48-42-45(44-55-47-37-35-46(51-4)36-38-47)43-49(53-40-33-30-27-24-21-18-15-12-9-6-2)50(48)54-41-34-31-28-25-22-19-16-13-10-7-3/h35,38,42-43H,5-34,39-41,44H2,1-4H3. The van der Waals surface area contributed by atoms with Crippen molar-refractivity contribution < 1.29 is 23.7 Å². The van der Waals surface area contributed by atoms with Gasteiger partial charge in [-0.25, -0.2) is 0 Å². The van der Waals surface area contributed by atoms with Crippen LogP contribution in [0.15, 0.2) is 24.3 Å². The van der Waals surface area contributed by atoms with Gasteiger partial charge in [-0.05, 0) is 49.1 Å². The third kappa shape index (κ3) is 26.1. The molecule has 0 heterocycles. The Balaban J connectivity index is 2.01. The first kappa shape index (κ1) is 48.6. The van der Waals surface area contributed by atoms with Crippen molar-refractivity contribution >= 4 is 0 Å². The van der Waals surface area contributed by atoms with Crippen LogP contribution in [0.1, 0.15) is 219 Å². The molecule has 2 aromatic carbocycles. The molecule has 0 atom stereocenters. The summed E-state index contributed by atoms with van der Waals surface area (Å²) in [6.07, 6.45) is 39.1. The molecule has 0 saturated heterocycles. The molecule has 0 aromatic heterocycles. The molecule has 2 rings (SSSR count). The van der Waals surface area contributed by atoms with Crippen LogP contribution in [-0.4, -0.2) is 26.9 Å². The van der Waals surface area contributed by atoms with Crippen LogP contribution < -0.4 is 23.7 Å². The number of benzene rings is 2. The van der Waals surface area contributed by atoms with Crippen molar-refractivity contribution in [3.63, 3.8) is 0 Å². The first-order valence-electron chi connectivity index (χ1n) is 23.4. The second-order valence-electron chi connectivity index (χ2n) is 15.8. The second-order valence-corrected chi connectivity index (χ2v) is 15.8. The highest BCUT2D eigenvalue weighted by Gasteiger charge is 2.17. The van der Waals surface area contributed by atoms with Gasteiger partial charge in [0.1, 0.15) is 18.1 Å². The highest BCUT2D eigenvalue weighted by atomic mass is 16.5. The molecule has 0 bridgehead atoms. The van der Waals surface area contributed by atoms with Gasteiger partial charge >= 0.3 is 0 Å². The van der Waals surface area contributed by atoms with Gasteiger partial charge in [-0.3, -0.25) is 0 Å². The van der Waals surface area contributed by atoms with E-state index in [-0.39, 0.29) is 0 Å². The number of unbranched alkanes of at least 4 members (excludes halogenated alkanes) is 27. The molecule has 314 valence electrons. The Morgan fingerprint density at radius 2 is 0.709 bits per heavy atom. The lowest BCUT2D eigenvalue weighted by Gasteiger charge is -2.19. The smallest absolute Gasteiger partial charge is 0.203 e. The lowest BCUT2D eigenvalue weighted by molar-refractivity contribution is 0.232. The van der Waals surface area contributed by atoms with Gasteiger partial charge in [0, 0.05) is 12.1 Å². The zero-order valence-corrected chi connectivity index (χ0v) is 36.4. The van der Waals surface area contributed by atoms with E-state index in [1.165, 1.54) is 173 Å². The van der Waals surface area contributed by atoms with E-state index < -0.39 is 0 Å². The Morgan fingerprint density at radius 3 is 1.05 bits per heavy atom. The Hall–Kier alpha value is -2.56. The zero-order valence-electron chi connectivity index (χ0n) is 36.4. The van der Waals surface area contributed by atoms with Crippen molar-refractivity contribution in [1.82, 2.24) is 0 Å². The normalized spacial score (nSPS) is 11.2. The van der Waals surface area contributed by atoms with E-state index in [0.717, 1.165) is 42.1 Å². The highest BCUT2D eigenvalue weighted by Crippen LogP contribution is 2.40. The van der Waals surface area contributed by atoms with Crippen LogP contribution in [-0.2, 0) is 6.61 Å². The molecule has 0 spiro atoms. The van der Waals surface area contributed by atoms with Gasteiger partial charge in [0.05, 0.1) is 26.9 Å². The third-order valence-corrected chi connectivity index (χ3v) is 10.6. The summed E-state index contributed by atoms with van der Waals surface area (Å²) in [7, 11) is 1.63. The van der Waals surface area contributed by atoms with Gasteiger partial charge in [0.15, 0.2) is 11.5 Å². The zero-order chi connectivity index (χ0) is 39.3. The minimum absolute atomic E-state index is 0.374. The van der Waals surface area contributed by atoms with Crippen LogP contribution in [0.2, 0.25) is 0 Å². The number of hydrogen-bond acceptors (Lipinski definition) is 5. The maximum atomic E-state index is 6.57. The number of rotatable bonds is 40. The van der Waals surface area contributed by atoms with E-state index in [9.17, 15) is 0 Å². The summed E-state index contributed by atoms with van der Waals surface area (Å²) in [5.41, 5.74) is 0.992. The molecular formula is C50H84O5. The van der Waals surface area contributed by atoms with Crippen molar-refractivity contribution in [2.24, 2.45) is 0 Å². The van der Waals surface area contributed by atoms with Crippen molar-refractivity contribution in [2.75, 3.05) is 26.9 Å². The molecule has 2 radical (unpaired) electrons. The largest absolute Gasteiger partial charge is 0.496 e. The Bertz CT molecular complexity index is 1070. The monoisotopic (exact) mass is 765 g/mol. The average Bonchev–Trinajstić information content (AvgIpc) is 3.21. The van der Waals surface area contributed by atoms with Crippen molar-refractivity contribution in [3.8, 4) is 28.7 Å². The summed E-state index contributed by atoms with van der Waals surface area (Å²) in [5.74, 6) is 3.56. The fourth-order valence-electron chi connectivity index (χ4n) is 7.10. The lowest BCUT2D eigenvalue weighted by Crippen LogP contribution is -2.08. The third-order valence-electron chi connectivity index (χ3n) is 10.6. The molecule has 0 N–H and O–H groups in total. The minimum atomic E-state index is 0.374. The van der Waals surface area contributed by atoms with Crippen LogP contribution in [0.4, 0.5) is 0 Å². The van der Waals surface area contributed by atoms with E-state index >= 15 is 0 Å². The maximum absolute atomic E-state index is 6.57. The first-order chi connectivity index (χ1) is 27.2. The average molecular weight is 765 g/mol. The summed E-state index contributed by atoms with van der Waals surface area (Å²) in [6, 6.07) is 13.9. The van der Waals surface area contributed by atoms with E-state index in [1.54, 1.807) is 19.2 Å². The van der Waals surface area contributed by atoms with Crippen LogP contribution in [0.25, 0.3) is 0 Å². The summed E-state index contributed by atoms with van der Waals surface area (Å²) < 4.78 is 31.0. The number of methoxy groups -OCH3 is 1. The Morgan fingerprint density at radius 1 is 0.382 bits per heavy atom. The van der Waals surface area contributed by atoms with Gasteiger partial charge in [0.2, 0.25) is 5.75 Å². The van der Waals surface area contributed by atoms with Gasteiger partial charge in [-0.15, -0.1) is 0 Å². The van der Waals surface area contributed by atoms with E-state index in [0.29, 0.717) is 37.9 Å². The topological polar surface area (TPSA) is 46.2 Å². The molecule has 0 fully saturated rings. The second kappa shape index (κ2) is 35.8. The van der Waals surface area contributed by atoms with E-state index in [2.05, 4.69) is 45.0 Å². The number of hydrogen-bond donors (Lipinski definition) is 0. The summed E-state index contributed by atoms with van der Waals surface area (Å²) in [6.45, 7) is 9.25. The molecule has 0 aliphatic heterocycles. The lowest BCUT2D eigenvalue weighted by atomic mass is 10.1. The predicted octanol–water partition coefficient (Wildman–Crippen LogP) is 15.8. The maximum Gasteiger partial charge on any atom is 0.203 e. The van der Waals surface area contributed by atoms with Crippen molar-refractivity contribution in [1.29, 1.82) is 0 Å². The fourth-order valence-corrected chi connectivity index (χ4v) is 7.10. The van der Waals surface area contributed by atoms with E-state index in [1.807, 2.05) is 0 Å². The molecule has 0 aliphatic rings. The van der Waals surface area contributed by atoms with Crippen LogP contribution in [0.5, 0.6) is 28.7 Å². The summed E-state index contributed by atoms with van der Waals surface area (Å²) in [5, 5.41) is 0. The van der Waals surface area contributed by atoms with Gasteiger partial charge in [0.25, 0.3) is 0 Å². The molecular weight excluding hydrogens is 681 g/mol. The van der Waals surface area contributed by atoms with Gasteiger partial charge < -0.3 is 23.7 Å². The SMILES string of the molecule is CCCCCCCCCCCCOc1cc(COc2[c]cc(OC)[c]c2)cc(OCCCCCCCCCCCC)c1OCCCCCCCCCCCC. The van der Waals surface area contributed by atoms with Gasteiger partial charge in [-0.2, -0.15) is 0 Å². The quantitative estimate of drug-likeness (QED) is 0.0633. The molecule has 5 nitrogen and oxygen atoms in total. The molecule has 0 aliphatic carbocycles. The van der Waals surface area contributed by atoms with Crippen molar-refractivity contribution in [3.05, 3.63) is 42.0 Å². The first-order valence-corrected chi connectivity index (χ1v) is 23.4. The molecule has 0 saturated carbocycles. The van der Waals surface area contributed by atoms with E-state index in [4.69, 9.17) is 23.7 Å². The molecule has 0 amide bonds. The molecule has 2 aromatic rings. The minimum Gasteiger partial charge on any atom is -0.496 e. The predicted molar refractivity (Wildman–Crippen MR) is 233 cm³/mol. The van der Waals surface area contributed by atoms with Crippen LogP contribution in [0, 0.1) is 12.1 Å². The molecule has 0 unspecified atom stereocenters. The van der Waals surface area contributed by atoms with Crippen LogP contribution in [0.3, 0.4) is 0 Å². The van der Waals surface area contributed by atoms with Crippen molar-refractivity contribution in [2.45, 2.75) is 220 Å². The Labute approximate surface area is 340 Å². The number of ether oxygens (including phenoxy) is 5. The summed E-state index contributed by atoms with van der Waals surface area (Å²) in [4.78, 5) is 0. The Kier molecular flexibility index (Phi) is 31.6. The summed E-state index contributed by atoms with van der Waals surface area (Å²) >= 11 is 0. The van der Waals surface area contributed by atoms with Gasteiger partial charge in [-0.1, -0.05) is 194 Å². The highest BCUT2D eigenvalue weighted by molar-refractivity contribution is 5.54. The molecule has 5 heteroatoms. The van der Waals surface area contributed by atoms with Crippen LogP contribution >= 0.6 is 0 Å².